The number of hydrogen-bond donors (Lipinski definition) is 1. The molecule has 2 rings (SSSR count). The molecular weight excluding hydrogens is 214 g/mol. The Kier molecular flexibility index (Phi) is 4.34. The van der Waals surface area contributed by atoms with E-state index in [2.05, 4.69) is 21.4 Å². The second-order valence-electron chi connectivity index (χ2n) is 4.71. The van der Waals surface area contributed by atoms with Crippen molar-refractivity contribution in [3.8, 4) is 0 Å². The molecule has 0 radical (unpaired) electrons. The minimum absolute atomic E-state index is 0.610. The van der Waals surface area contributed by atoms with Crippen LogP contribution in [0.5, 0.6) is 0 Å². The molecule has 0 aliphatic carbocycles. The van der Waals surface area contributed by atoms with E-state index in [0.29, 0.717) is 12.5 Å². The van der Waals surface area contributed by atoms with Gasteiger partial charge in [0, 0.05) is 30.9 Å². The van der Waals surface area contributed by atoms with Crippen molar-refractivity contribution in [3.05, 3.63) is 30.4 Å². The van der Waals surface area contributed by atoms with Gasteiger partial charge in [-0.2, -0.15) is 0 Å². The van der Waals surface area contributed by atoms with Crippen LogP contribution in [0.2, 0.25) is 0 Å². The molecule has 4 nitrogen and oxygen atoms in total. The standard InChI is InChI=1S/C13H21N3O/c1-11(2)9-17-6-5-16-10-15-8-13(16)12-3-4-14-7-12/h8,10,12,14H,1,3-7,9H2,2H3. The smallest absolute Gasteiger partial charge is 0.0949 e. The average Bonchev–Trinajstić information content (AvgIpc) is 2.94. The minimum Gasteiger partial charge on any atom is -0.375 e. The van der Waals surface area contributed by atoms with E-state index in [0.717, 1.165) is 31.8 Å². The fourth-order valence-corrected chi connectivity index (χ4v) is 2.17. The van der Waals surface area contributed by atoms with Crippen LogP contribution in [0.25, 0.3) is 0 Å². The van der Waals surface area contributed by atoms with Crippen LogP contribution in [0, 0.1) is 0 Å². The van der Waals surface area contributed by atoms with Crippen LogP contribution in [-0.4, -0.2) is 35.9 Å². The molecule has 1 fully saturated rings. The topological polar surface area (TPSA) is 39.1 Å². The van der Waals surface area contributed by atoms with E-state index >= 15 is 0 Å². The van der Waals surface area contributed by atoms with Gasteiger partial charge in [0.05, 0.1) is 19.5 Å². The maximum absolute atomic E-state index is 5.52. The number of nitrogens with zero attached hydrogens (tertiary/aromatic N) is 2. The third-order valence-corrected chi connectivity index (χ3v) is 3.05. The summed E-state index contributed by atoms with van der Waals surface area (Å²) < 4.78 is 7.73. The van der Waals surface area contributed by atoms with E-state index < -0.39 is 0 Å². The normalized spacial score (nSPS) is 19.7. The van der Waals surface area contributed by atoms with E-state index in [1.54, 1.807) is 0 Å². The van der Waals surface area contributed by atoms with Crippen LogP contribution in [0.3, 0.4) is 0 Å². The van der Waals surface area contributed by atoms with Crippen molar-refractivity contribution in [1.82, 2.24) is 14.9 Å². The fourth-order valence-electron chi connectivity index (χ4n) is 2.17. The molecule has 1 aromatic heterocycles. The molecule has 1 atom stereocenters. The van der Waals surface area contributed by atoms with Crippen LogP contribution in [0.4, 0.5) is 0 Å². The van der Waals surface area contributed by atoms with Gasteiger partial charge in [-0.25, -0.2) is 4.98 Å². The van der Waals surface area contributed by atoms with Gasteiger partial charge < -0.3 is 14.6 Å². The van der Waals surface area contributed by atoms with Crippen LogP contribution in [-0.2, 0) is 11.3 Å². The highest BCUT2D eigenvalue weighted by atomic mass is 16.5. The Labute approximate surface area is 103 Å². The third kappa shape index (κ3) is 3.41. The Morgan fingerprint density at radius 2 is 2.59 bits per heavy atom. The first-order valence-corrected chi connectivity index (χ1v) is 6.20. The molecule has 0 spiro atoms. The Morgan fingerprint density at radius 3 is 3.29 bits per heavy atom. The maximum Gasteiger partial charge on any atom is 0.0949 e. The monoisotopic (exact) mass is 235 g/mol. The molecule has 0 saturated carbocycles. The van der Waals surface area contributed by atoms with Crippen molar-refractivity contribution in [2.24, 2.45) is 0 Å². The van der Waals surface area contributed by atoms with E-state index in [1.807, 2.05) is 19.4 Å². The first-order valence-electron chi connectivity index (χ1n) is 6.20. The number of hydrogen-bond acceptors (Lipinski definition) is 3. The number of imidazole rings is 1. The van der Waals surface area contributed by atoms with E-state index in [9.17, 15) is 0 Å². The molecule has 17 heavy (non-hydrogen) atoms. The number of nitrogens with one attached hydrogen (secondary N) is 1. The summed E-state index contributed by atoms with van der Waals surface area (Å²) in [7, 11) is 0. The van der Waals surface area contributed by atoms with Gasteiger partial charge in [-0.1, -0.05) is 12.2 Å². The summed E-state index contributed by atoms with van der Waals surface area (Å²) in [5.74, 6) is 0.610. The van der Waals surface area contributed by atoms with Crippen molar-refractivity contribution in [2.45, 2.75) is 25.8 Å². The zero-order chi connectivity index (χ0) is 12.1. The van der Waals surface area contributed by atoms with Gasteiger partial charge in [0.15, 0.2) is 0 Å². The van der Waals surface area contributed by atoms with Crippen LogP contribution in [0.1, 0.15) is 25.0 Å². The third-order valence-electron chi connectivity index (χ3n) is 3.05. The summed E-state index contributed by atoms with van der Waals surface area (Å²) >= 11 is 0. The molecule has 94 valence electrons. The molecule has 4 heteroatoms. The van der Waals surface area contributed by atoms with Gasteiger partial charge in [0.1, 0.15) is 0 Å². The SMILES string of the molecule is C=C(C)COCCn1cncc1C1CCNC1. The number of rotatable bonds is 6. The lowest BCUT2D eigenvalue weighted by atomic mass is 10.1. The lowest BCUT2D eigenvalue weighted by molar-refractivity contribution is 0.146. The van der Waals surface area contributed by atoms with Gasteiger partial charge in [-0.15, -0.1) is 0 Å². The van der Waals surface area contributed by atoms with Crippen LogP contribution in [0.15, 0.2) is 24.7 Å². The zero-order valence-corrected chi connectivity index (χ0v) is 10.5. The molecule has 1 aromatic rings. The zero-order valence-electron chi connectivity index (χ0n) is 10.5. The molecule has 1 aliphatic rings. The summed E-state index contributed by atoms with van der Waals surface area (Å²) in [4.78, 5) is 4.24. The molecule has 1 saturated heterocycles. The predicted octanol–water partition coefficient (Wildman–Crippen LogP) is 1.55. The molecule has 2 heterocycles. The van der Waals surface area contributed by atoms with Crippen molar-refractivity contribution < 1.29 is 4.74 Å². The van der Waals surface area contributed by atoms with Gasteiger partial charge >= 0.3 is 0 Å². The van der Waals surface area contributed by atoms with Gasteiger partial charge in [0.2, 0.25) is 0 Å². The van der Waals surface area contributed by atoms with E-state index in [4.69, 9.17) is 4.74 Å². The average molecular weight is 235 g/mol. The van der Waals surface area contributed by atoms with Crippen molar-refractivity contribution in [2.75, 3.05) is 26.3 Å². The first kappa shape index (κ1) is 12.3. The van der Waals surface area contributed by atoms with E-state index in [1.165, 1.54) is 12.1 Å². The largest absolute Gasteiger partial charge is 0.375 e. The van der Waals surface area contributed by atoms with Crippen molar-refractivity contribution in [3.63, 3.8) is 0 Å². The molecule has 1 N–H and O–H groups in total. The van der Waals surface area contributed by atoms with Gasteiger partial charge in [0.25, 0.3) is 0 Å². The second-order valence-corrected chi connectivity index (χ2v) is 4.71. The summed E-state index contributed by atoms with van der Waals surface area (Å²) in [5.41, 5.74) is 2.39. The molecule has 1 unspecified atom stereocenters. The van der Waals surface area contributed by atoms with Crippen LogP contribution >= 0.6 is 0 Å². The summed E-state index contributed by atoms with van der Waals surface area (Å²) in [6.07, 6.45) is 5.09. The summed E-state index contributed by atoms with van der Waals surface area (Å²) in [6, 6.07) is 0. The first-order chi connectivity index (χ1) is 8.27. The Morgan fingerprint density at radius 1 is 1.71 bits per heavy atom. The summed E-state index contributed by atoms with van der Waals surface area (Å²) in [5, 5.41) is 3.39. The Balaban J connectivity index is 1.83. The lowest BCUT2D eigenvalue weighted by Crippen LogP contribution is -2.14. The van der Waals surface area contributed by atoms with Crippen molar-refractivity contribution >= 4 is 0 Å². The van der Waals surface area contributed by atoms with Gasteiger partial charge in [-0.3, -0.25) is 0 Å². The molecular formula is C13H21N3O. The molecule has 0 bridgehead atoms. The van der Waals surface area contributed by atoms with Crippen LogP contribution < -0.4 is 5.32 Å². The highest BCUT2D eigenvalue weighted by Crippen LogP contribution is 2.21. The summed E-state index contributed by atoms with van der Waals surface area (Å²) in [6.45, 7) is 10.2. The fraction of sp³-hybridized carbons (Fsp3) is 0.615. The highest BCUT2D eigenvalue weighted by molar-refractivity contribution is 5.09. The second kappa shape index (κ2) is 5.98. The number of aromatic nitrogens is 2. The van der Waals surface area contributed by atoms with E-state index in [-0.39, 0.29) is 0 Å². The maximum atomic E-state index is 5.52. The molecule has 0 amide bonds. The minimum atomic E-state index is 0.610. The Hall–Kier alpha value is -1.13. The van der Waals surface area contributed by atoms with Gasteiger partial charge in [-0.05, 0) is 19.9 Å². The highest BCUT2D eigenvalue weighted by Gasteiger charge is 2.19. The van der Waals surface area contributed by atoms with Crippen molar-refractivity contribution in [1.29, 1.82) is 0 Å². The lowest BCUT2D eigenvalue weighted by Gasteiger charge is -2.12. The quantitative estimate of drug-likeness (QED) is 0.600. The predicted molar refractivity (Wildman–Crippen MR) is 68.1 cm³/mol. The molecule has 0 aromatic carbocycles. The Bertz CT molecular complexity index is 366. The molecule has 1 aliphatic heterocycles. The number of ether oxygens (including phenoxy) is 1.